The summed E-state index contributed by atoms with van der Waals surface area (Å²) in [6.07, 6.45) is 0. The van der Waals surface area contributed by atoms with Crippen molar-refractivity contribution >= 4 is 32.8 Å². The molecule has 1 aliphatic rings. The van der Waals surface area contributed by atoms with Gasteiger partial charge in [0.05, 0.1) is 31.2 Å². The summed E-state index contributed by atoms with van der Waals surface area (Å²) in [6, 6.07) is 4.47. The lowest BCUT2D eigenvalue weighted by atomic mass is 10.1. The first-order valence-corrected chi connectivity index (χ1v) is 7.77. The molecule has 2 rings (SSSR count). The molecule has 0 spiro atoms. The summed E-state index contributed by atoms with van der Waals surface area (Å²) >= 11 is 0.878. The van der Waals surface area contributed by atoms with Crippen LogP contribution in [0, 0.1) is 0 Å². The Morgan fingerprint density at radius 2 is 1.80 bits per heavy atom. The van der Waals surface area contributed by atoms with Crippen LogP contribution < -0.4 is 4.72 Å². The zero-order valence-electron chi connectivity index (χ0n) is 10.2. The lowest BCUT2D eigenvalue weighted by Gasteiger charge is -2.28. The second-order valence-corrected chi connectivity index (χ2v) is 6.43. The highest BCUT2D eigenvalue weighted by molar-refractivity contribution is 7.89. The van der Waals surface area contributed by atoms with Crippen LogP contribution in [0.1, 0.15) is 0 Å². The van der Waals surface area contributed by atoms with E-state index in [9.17, 15) is 23.7 Å². The molecule has 0 atom stereocenters. The molecule has 110 valence electrons. The molecule has 0 bridgehead atoms. The molecule has 1 aromatic rings. The van der Waals surface area contributed by atoms with Crippen molar-refractivity contribution in [2.45, 2.75) is 10.4 Å². The van der Waals surface area contributed by atoms with Crippen LogP contribution in [0.3, 0.4) is 0 Å². The normalized spacial score (nSPS) is 14.2. The molecule has 10 heteroatoms. The van der Waals surface area contributed by atoms with Crippen molar-refractivity contribution in [2.75, 3.05) is 19.8 Å². The molecule has 20 heavy (non-hydrogen) atoms. The number of benzene rings is 1. The van der Waals surface area contributed by atoms with Crippen molar-refractivity contribution in [3.05, 3.63) is 18.2 Å². The van der Waals surface area contributed by atoms with Gasteiger partial charge >= 0.3 is 0 Å². The topological polar surface area (TPSA) is 132 Å². The molecule has 4 N–H and O–H groups in total. The Morgan fingerprint density at radius 3 is 2.40 bits per heavy atom. The van der Waals surface area contributed by atoms with Crippen molar-refractivity contribution in [1.82, 2.24) is 4.72 Å². The van der Waals surface area contributed by atoms with E-state index in [0.717, 1.165) is 11.4 Å². The number of hydrogen-bond donors (Lipinski definition) is 4. The van der Waals surface area contributed by atoms with Gasteiger partial charge in [0.15, 0.2) is 0 Å². The maximum atomic E-state index is 12.3. The first kappa shape index (κ1) is 15.2. The van der Waals surface area contributed by atoms with E-state index in [2.05, 4.69) is 13.4 Å². The molecular formula is C10H13N3O5S2. The quantitative estimate of drug-likeness (QED) is 0.565. The number of aliphatic hydroxyl groups excluding tert-OH is 3. The number of nitrogens with one attached hydrogen (secondary N) is 1. The minimum absolute atomic E-state index is 0.122. The summed E-state index contributed by atoms with van der Waals surface area (Å²) in [6.45, 7) is -2.24. The molecule has 0 amide bonds. The van der Waals surface area contributed by atoms with E-state index in [1.165, 1.54) is 12.1 Å². The van der Waals surface area contributed by atoms with Crippen LogP contribution >= 0.6 is 0 Å². The van der Waals surface area contributed by atoms with Gasteiger partial charge in [-0.3, -0.25) is 0 Å². The van der Waals surface area contributed by atoms with Crippen LogP contribution in [-0.2, 0) is 21.4 Å². The molecule has 0 aliphatic carbocycles. The van der Waals surface area contributed by atoms with E-state index in [1.807, 2.05) is 0 Å². The fourth-order valence-electron chi connectivity index (χ4n) is 1.59. The highest BCUT2D eigenvalue weighted by Crippen LogP contribution is 2.37. The highest BCUT2D eigenvalue weighted by atomic mass is 32.2. The van der Waals surface area contributed by atoms with Crippen molar-refractivity contribution < 1.29 is 23.7 Å². The summed E-state index contributed by atoms with van der Waals surface area (Å²) in [4.78, 5) is -0.122. The second kappa shape index (κ2) is 5.68. The third-order valence-electron chi connectivity index (χ3n) is 2.80. The zero-order valence-corrected chi connectivity index (χ0v) is 11.9. The summed E-state index contributed by atoms with van der Waals surface area (Å²) < 4.78 is 34.6. The van der Waals surface area contributed by atoms with Gasteiger partial charge in [-0.2, -0.15) is 13.4 Å². The lowest BCUT2D eigenvalue weighted by molar-refractivity contribution is 0.0582. The third kappa shape index (κ3) is 2.66. The van der Waals surface area contributed by atoms with E-state index in [-0.39, 0.29) is 10.6 Å². The largest absolute Gasteiger partial charge is 0.394 e. The Labute approximate surface area is 119 Å². The monoisotopic (exact) mass is 319 g/mol. The second-order valence-electron chi connectivity index (χ2n) is 4.25. The molecule has 0 saturated carbocycles. The van der Waals surface area contributed by atoms with Gasteiger partial charge in [0.1, 0.15) is 21.8 Å². The lowest BCUT2D eigenvalue weighted by Crippen LogP contribution is -2.56. The minimum atomic E-state index is -4.08. The number of aliphatic hydroxyl groups is 3. The predicted molar refractivity (Wildman–Crippen MR) is 72.3 cm³/mol. The number of fused-ring (bicyclic) bond motifs is 1. The summed E-state index contributed by atoms with van der Waals surface area (Å²) in [5.74, 6) is 0. The molecule has 0 aromatic heterocycles. The Kier molecular flexibility index (Phi) is 4.32. The van der Waals surface area contributed by atoms with Gasteiger partial charge in [-0.05, 0) is 12.1 Å². The molecule has 1 aliphatic heterocycles. The van der Waals surface area contributed by atoms with Crippen LogP contribution in [0.15, 0.2) is 31.8 Å². The fraction of sp³-hybridized carbons (Fsp3) is 0.400. The average Bonchev–Trinajstić information content (AvgIpc) is 2.93. The number of nitrogens with zero attached hydrogens (tertiary/aromatic N) is 2. The molecule has 8 nitrogen and oxygen atoms in total. The van der Waals surface area contributed by atoms with Gasteiger partial charge in [-0.1, -0.05) is 6.07 Å². The predicted octanol–water partition coefficient (Wildman–Crippen LogP) is -0.593. The van der Waals surface area contributed by atoms with Crippen LogP contribution in [0.2, 0.25) is 0 Å². The first-order chi connectivity index (χ1) is 9.48. The number of rotatable bonds is 6. The van der Waals surface area contributed by atoms with Crippen molar-refractivity contribution in [1.29, 1.82) is 0 Å². The number of sulfonamides is 1. The summed E-state index contributed by atoms with van der Waals surface area (Å²) in [7, 11) is -4.08. The van der Waals surface area contributed by atoms with Gasteiger partial charge in [0, 0.05) is 0 Å². The first-order valence-electron chi connectivity index (χ1n) is 5.56. The SMILES string of the molecule is O=S(=O)(NC(CO)(CO)CO)c1cccc2c1N=S=N2. The van der Waals surface area contributed by atoms with E-state index >= 15 is 0 Å². The molecular weight excluding hydrogens is 306 g/mol. The van der Waals surface area contributed by atoms with E-state index in [0.29, 0.717) is 5.69 Å². The Balaban J connectivity index is 2.43. The maximum absolute atomic E-state index is 12.3. The van der Waals surface area contributed by atoms with E-state index in [1.54, 1.807) is 6.07 Å². The molecule has 1 heterocycles. The number of hydrogen-bond acceptors (Lipinski definition) is 7. The molecule has 0 saturated heterocycles. The zero-order chi connectivity index (χ0) is 14.8. The summed E-state index contributed by atoms with van der Waals surface area (Å²) in [5, 5.41) is 27.6. The van der Waals surface area contributed by atoms with Gasteiger partial charge < -0.3 is 15.3 Å². The molecule has 0 unspecified atom stereocenters. The maximum Gasteiger partial charge on any atom is 0.243 e. The fourth-order valence-corrected chi connectivity index (χ4v) is 3.73. The Morgan fingerprint density at radius 1 is 1.15 bits per heavy atom. The molecule has 0 fully saturated rings. The minimum Gasteiger partial charge on any atom is -0.394 e. The smallest absolute Gasteiger partial charge is 0.243 e. The molecule has 1 aromatic carbocycles. The van der Waals surface area contributed by atoms with E-state index < -0.39 is 35.4 Å². The third-order valence-corrected chi connectivity index (χ3v) is 4.95. The molecule has 0 radical (unpaired) electrons. The highest BCUT2D eigenvalue weighted by Gasteiger charge is 2.35. The Hall–Kier alpha value is -1.17. The van der Waals surface area contributed by atoms with E-state index in [4.69, 9.17) is 0 Å². The van der Waals surface area contributed by atoms with Gasteiger partial charge in [-0.15, -0.1) is 0 Å². The Bertz CT molecular complexity index is 670. The average molecular weight is 319 g/mol. The van der Waals surface area contributed by atoms with Crippen LogP contribution in [-0.4, -0.2) is 49.1 Å². The van der Waals surface area contributed by atoms with Gasteiger partial charge in [-0.25, -0.2) is 8.42 Å². The summed E-state index contributed by atoms with van der Waals surface area (Å²) in [5.41, 5.74) is -1.10. The van der Waals surface area contributed by atoms with Crippen molar-refractivity contribution in [3.63, 3.8) is 0 Å². The van der Waals surface area contributed by atoms with Crippen molar-refractivity contribution in [2.24, 2.45) is 8.73 Å². The van der Waals surface area contributed by atoms with Crippen molar-refractivity contribution in [3.8, 4) is 0 Å². The van der Waals surface area contributed by atoms with Crippen LogP contribution in [0.25, 0.3) is 0 Å². The van der Waals surface area contributed by atoms with Gasteiger partial charge in [0.2, 0.25) is 10.0 Å². The standard InChI is InChI=1S/C10H13N3O5S2/c14-4-10(5-15,6-16)13-20(17,18)8-3-1-2-7-9(8)12-19-11-7/h1-3,13-16H,4-6H2. The van der Waals surface area contributed by atoms with Crippen LogP contribution in [0.5, 0.6) is 0 Å². The van der Waals surface area contributed by atoms with Gasteiger partial charge in [0.25, 0.3) is 0 Å². The van der Waals surface area contributed by atoms with Crippen LogP contribution in [0.4, 0.5) is 11.4 Å².